The van der Waals surface area contributed by atoms with Gasteiger partial charge in [-0.1, -0.05) is 15.9 Å². The molecule has 5 nitrogen and oxygen atoms in total. The molecule has 0 aliphatic rings. The normalized spacial score (nSPS) is 10.9. The van der Waals surface area contributed by atoms with Crippen molar-refractivity contribution in [3.05, 3.63) is 39.7 Å². The molecule has 2 rings (SSSR count). The van der Waals surface area contributed by atoms with Gasteiger partial charge in [-0.05, 0) is 30.3 Å². The summed E-state index contributed by atoms with van der Waals surface area (Å²) in [5.74, 6) is 0. The Morgan fingerprint density at radius 1 is 1.32 bits per heavy atom. The fourth-order valence-electron chi connectivity index (χ4n) is 1.35. The Hall–Kier alpha value is -1.56. The SMILES string of the molecule is N#Cc1ccc(S(=O)(=O)Nc2ccc(Br)cc2N)s1. The molecule has 0 atom stereocenters. The number of rotatable bonds is 3. The molecule has 0 saturated carbocycles. The minimum Gasteiger partial charge on any atom is -0.397 e. The van der Waals surface area contributed by atoms with E-state index in [2.05, 4.69) is 20.7 Å². The molecule has 1 aromatic carbocycles. The molecule has 0 spiro atoms. The van der Waals surface area contributed by atoms with E-state index in [0.29, 0.717) is 16.3 Å². The summed E-state index contributed by atoms with van der Waals surface area (Å²) in [6, 6.07) is 9.60. The van der Waals surface area contributed by atoms with Crippen LogP contribution in [0, 0.1) is 11.3 Å². The van der Waals surface area contributed by atoms with Crippen molar-refractivity contribution in [2.45, 2.75) is 4.21 Å². The van der Waals surface area contributed by atoms with Crippen molar-refractivity contribution in [1.29, 1.82) is 5.26 Å². The number of nitrogens with two attached hydrogens (primary N) is 1. The van der Waals surface area contributed by atoms with E-state index >= 15 is 0 Å². The zero-order valence-corrected chi connectivity index (χ0v) is 12.6. The van der Waals surface area contributed by atoms with Crippen molar-refractivity contribution < 1.29 is 8.42 Å². The number of nitrogens with zero attached hydrogens (tertiary/aromatic N) is 1. The van der Waals surface area contributed by atoms with Crippen molar-refractivity contribution in [2.75, 3.05) is 10.5 Å². The Morgan fingerprint density at radius 3 is 2.63 bits per heavy atom. The van der Waals surface area contributed by atoms with Crippen LogP contribution in [0.15, 0.2) is 39.0 Å². The summed E-state index contributed by atoms with van der Waals surface area (Å²) in [5.41, 5.74) is 6.35. The first-order chi connectivity index (χ1) is 8.92. The minimum atomic E-state index is -3.72. The first kappa shape index (κ1) is 13.9. The van der Waals surface area contributed by atoms with Crippen LogP contribution in [0.1, 0.15) is 4.88 Å². The van der Waals surface area contributed by atoms with E-state index in [4.69, 9.17) is 11.0 Å². The highest BCUT2D eigenvalue weighted by Gasteiger charge is 2.18. The number of hydrogen-bond acceptors (Lipinski definition) is 5. The van der Waals surface area contributed by atoms with Crippen LogP contribution in [0.2, 0.25) is 0 Å². The molecule has 98 valence electrons. The molecule has 1 aromatic heterocycles. The molecular formula is C11H8BrN3O2S2. The summed E-state index contributed by atoms with van der Waals surface area (Å²) in [4.78, 5) is 0.337. The van der Waals surface area contributed by atoms with E-state index in [1.807, 2.05) is 6.07 Å². The molecule has 0 aliphatic carbocycles. The van der Waals surface area contributed by atoms with E-state index in [9.17, 15) is 8.42 Å². The number of anilines is 2. The molecule has 2 aromatic rings. The number of sulfonamides is 1. The van der Waals surface area contributed by atoms with Gasteiger partial charge in [-0.15, -0.1) is 11.3 Å². The van der Waals surface area contributed by atoms with E-state index in [1.165, 1.54) is 12.1 Å². The van der Waals surface area contributed by atoms with Crippen LogP contribution in [-0.4, -0.2) is 8.42 Å². The number of nitrogens with one attached hydrogen (secondary N) is 1. The van der Waals surface area contributed by atoms with Gasteiger partial charge in [0.1, 0.15) is 15.2 Å². The summed E-state index contributed by atoms with van der Waals surface area (Å²) < 4.78 is 27.4. The number of benzene rings is 1. The molecule has 0 bridgehead atoms. The Kier molecular flexibility index (Phi) is 3.80. The Balaban J connectivity index is 2.34. The van der Waals surface area contributed by atoms with Gasteiger partial charge in [-0.3, -0.25) is 4.72 Å². The number of halogens is 1. The zero-order chi connectivity index (χ0) is 14.0. The maximum atomic E-state index is 12.1. The minimum absolute atomic E-state index is 0.0753. The standard InChI is InChI=1S/C11H8BrN3O2S2/c12-7-1-3-10(9(14)5-7)15-19(16,17)11-4-2-8(6-13)18-11/h1-5,15H,14H2. The predicted octanol–water partition coefficient (Wildman–Crippen LogP) is 2.77. The van der Waals surface area contributed by atoms with Gasteiger partial charge in [-0.2, -0.15) is 5.26 Å². The second-order valence-electron chi connectivity index (χ2n) is 3.57. The quantitative estimate of drug-likeness (QED) is 0.825. The largest absolute Gasteiger partial charge is 0.397 e. The van der Waals surface area contributed by atoms with Gasteiger partial charge in [0.2, 0.25) is 0 Å². The van der Waals surface area contributed by atoms with Crippen LogP contribution in [0.3, 0.4) is 0 Å². The van der Waals surface area contributed by atoms with Crippen molar-refractivity contribution in [2.24, 2.45) is 0 Å². The molecule has 19 heavy (non-hydrogen) atoms. The van der Waals surface area contributed by atoms with Crippen LogP contribution in [0.5, 0.6) is 0 Å². The fourth-order valence-corrected chi connectivity index (χ4v) is 3.92. The average Bonchev–Trinajstić information content (AvgIpc) is 2.82. The van der Waals surface area contributed by atoms with Gasteiger partial charge in [0.25, 0.3) is 10.0 Å². The predicted molar refractivity (Wildman–Crippen MR) is 78.4 cm³/mol. The van der Waals surface area contributed by atoms with Gasteiger partial charge >= 0.3 is 0 Å². The summed E-state index contributed by atoms with van der Waals surface area (Å²) in [5, 5.41) is 8.70. The van der Waals surface area contributed by atoms with E-state index in [0.717, 1.165) is 15.8 Å². The number of thiophene rings is 1. The van der Waals surface area contributed by atoms with Crippen molar-refractivity contribution in [3.63, 3.8) is 0 Å². The highest BCUT2D eigenvalue weighted by Crippen LogP contribution is 2.28. The van der Waals surface area contributed by atoms with Gasteiger partial charge in [0.15, 0.2) is 0 Å². The van der Waals surface area contributed by atoms with E-state index in [-0.39, 0.29) is 4.21 Å². The lowest BCUT2D eigenvalue weighted by atomic mass is 10.3. The van der Waals surface area contributed by atoms with Crippen LogP contribution < -0.4 is 10.5 Å². The monoisotopic (exact) mass is 357 g/mol. The van der Waals surface area contributed by atoms with Crippen molar-refractivity contribution in [1.82, 2.24) is 0 Å². The van der Waals surface area contributed by atoms with Crippen LogP contribution in [0.4, 0.5) is 11.4 Å². The van der Waals surface area contributed by atoms with Crippen molar-refractivity contribution in [3.8, 4) is 6.07 Å². The first-order valence-electron chi connectivity index (χ1n) is 5.00. The highest BCUT2D eigenvalue weighted by atomic mass is 79.9. The second-order valence-corrected chi connectivity index (χ2v) is 7.48. The van der Waals surface area contributed by atoms with Gasteiger partial charge < -0.3 is 5.73 Å². The van der Waals surface area contributed by atoms with Gasteiger partial charge in [0, 0.05) is 4.47 Å². The third kappa shape index (κ3) is 3.07. The van der Waals surface area contributed by atoms with Crippen LogP contribution in [0.25, 0.3) is 0 Å². The lowest BCUT2D eigenvalue weighted by Gasteiger charge is -2.09. The first-order valence-corrected chi connectivity index (χ1v) is 8.09. The molecule has 8 heteroatoms. The highest BCUT2D eigenvalue weighted by molar-refractivity contribution is 9.10. The maximum absolute atomic E-state index is 12.1. The van der Waals surface area contributed by atoms with Crippen LogP contribution in [-0.2, 0) is 10.0 Å². The molecule has 0 radical (unpaired) electrons. The molecule has 1 heterocycles. The molecule has 0 fully saturated rings. The third-order valence-electron chi connectivity index (χ3n) is 2.21. The zero-order valence-electron chi connectivity index (χ0n) is 9.42. The summed E-state index contributed by atoms with van der Waals surface area (Å²) in [7, 11) is -3.72. The molecule has 3 N–H and O–H groups in total. The summed E-state index contributed by atoms with van der Waals surface area (Å²) in [6.45, 7) is 0. The number of hydrogen-bond donors (Lipinski definition) is 2. The lowest BCUT2D eigenvalue weighted by molar-refractivity contribution is 0.603. The maximum Gasteiger partial charge on any atom is 0.271 e. The Bertz CT molecular complexity index is 762. The Labute approximate surface area is 122 Å². The lowest BCUT2D eigenvalue weighted by Crippen LogP contribution is -2.12. The Morgan fingerprint density at radius 2 is 2.05 bits per heavy atom. The van der Waals surface area contributed by atoms with Gasteiger partial charge in [-0.25, -0.2) is 8.42 Å². The summed E-state index contributed by atoms with van der Waals surface area (Å²) >= 11 is 4.15. The summed E-state index contributed by atoms with van der Waals surface area (Å²) in [6.07, 6.45) is 0. The van der Waals surface area contributed by atoms with E-state index in [1.54, 1.807) is 18.2 Å². The molecule has 0 aliphatic heterocycles. The topological polar surface area (TPSA) is 96.0 Å². The molecule has 0 saturated heterocycles. The number of nitrogen functional groups attached to an aromatic ring is 1. The molecule has 0 amide bonds. The van der Waals surface area contributed by atoms with Crippen molar-refractivity contribution >= 4 is 48.7 Å². The molecule has 0 unspecified atom stereocenters. The van der Waals surface area contributed by atoms with Gasteiger partial charge in [0.05, 0.1) is 11.4 Å². The van der Waals surface area contributed by atoms with E-state index < -0.39 is 10.0 Å². The average molecular weight is 358 g/mol. The third-order valence-corrected chi connectivity index (χ3v) is 5.55. The molecular weight excluding hydrogens is 350 g/mol. The van der Waals surface area contributed by atoms with Crippen LogP contribution >= 0.6 is 27.3 Å². The fraction of sp³-hybridized carbons (Fsp3) is 0. The second kappa shape index (κ2) is 5.21. The smallest absolute Gasteiger partial charge is 0.271 e. The number of nitriles is 1.